The lowest BCUT2D eigenvalue weighted by atomic mass is 10.0. The van der Waals surface area contributed by atoms with E-state index in [9.17, 15) is 9.59 Å². The SMILES string of the molecule is CC[C@H](C)NC(=O)[C@H](Cc1ccccc1)N(Cc1cccc(Br)c1)C(=O)CCSc1ccccc1. The maximum Gasteiger partial charge on any atom is 0.243 e. The summed E-state index contributed by atoms with van der Waals surface area (Å²) in [4.78, 5) is 30.0. The molecule has 4 nitrogen and oxygen atoms in total. The third-order valence-electron chi connectivity index (χ3n) is 5.84. The monoisotopic (exact) mass is 552 g/mol. The molecule has 0 heterocycles. The molecule has 1 N–H and O–H groups in total. The number of carbonyl (C=O) groups excluding carboxylic acids is 2. The Morgan fingerprint density at radius 3 is 2.26 bits per heavy atom. The molecule has 0 unspecified atom stereocenters. The highest BCUT2D eigenvalue weighted by molar-refractivity contribution is 9.10. The minimum Gasteiger partial charge on any atom is -0.352 e. The molecule has 3 aromatic carbocycles. The Morgan fingerprint density at radius 1 is 0.943 bits per heavy atom. The van der Waals surface area contributed by atoms with Crippen LogP contribution in [0.4, 0.5) is 0 Å². The van der Waals surface area contributed by atoms with Crippen molar-refractivity contribution >= 4 is 39.5 Å². The van der Waals surface area contributed by atoms with Crippen LogP contribution in [0.5, 0.6) is 0 Å². The van der Waals surface area contributed by atoms with Gasteiger partial charge in [-0.05, 0) is 48.7 Å². The molecule has 0 aromatic heterocycles. The second kappa shape index (κ2) is 14.1. The summed E-state index contributed by atoms with van der Waals surface area (Å²) in [7, 11) is 0. The van der Waals surface area contributed by atoms with E-state index >= 15 is 0 Å². The fourth-order valence-electron chi connectivity index (χ4n) is 3.74. The first-order chi connectivity index (χ1) is 17.0. The van der Waals surface area contributed by atoms with Gasteiger partial charge >= 0.3 is 0 Å². The summed E-state index contributed by atoms with van der Waals surface area (Å²) in [6, 6.07) is 27.4. The van der Waals surface area contributed by atoms with Crippen LogP contribution in [0, 0.1) is 0 Å². The number of benzene rings is 3. The number of carbonyl (C=O) groups is 2. The number of thioether (sulfide) groups is 1. The number of hydrogen-bond donors (Lipinski definition) is 1. The lowest BCUT2D eigenvalue weighted by molar-refractivity contribution is -0.141. The summed E-state index contributed by atoms with van der Waals surface area (Å²) in [6.07, 6.45) is 1.65. The molecular formula is C29H33BrN2O2S. The Kier molecular flexibility index (Phi) is 10.9. The number of rotatable bonds is 12. The molecule has 0 aliphatic heterocycles. The van der Waals surface area contributed by atoms with Crippen LogP contribution >= 0.6 is 27.7 Å². The van der Waals surface area contributed by atoms with Gasteiger partial charge in [0.15, 0.2) is 0 Å². The standard InChI is InChI=1S/C29H33BrN2O2S/c1-3-22(2)31-29(34)27(20-23-11-6-4-7-12-23)32(21-24-13-10-14-25(30)19-24)28(33)17-18-35-26-15-8-5-9-16-26/h4-16,19,22,27H,3,17-18,20-21H2,1-2H3,(H,31,34)/t22-,27-/m0/s1. The van der Waals surface area contributed by atoms with Crippen molar-refractivity contribution < 1.29 is 9.59 Å². The topological polar surface area (TPSA) is 49.4 Å². The van der Waals surface area contributed by atoms with Crippen LogP contribution in [0.15, 0.2) is 94.3 Å². The predicted molar refractivity (Wildman–Crippen MR) is 148 cm³/mol. The van der Waals surface area contributed by atoms with Gasteiger partial charge in [0.05, 0.1) is 0 Å². The van der Waals surface area contributed by atoms with E-state index in [1.54, 1.807) is 16.7 Å². The van der Waals surface area contributed by atoms with Gasteiger partial charge in [-0.3, -0.25) is 9.59 Å². The Bertz CT molecular complexity index is 1080. The maximum absolute atomic E-state index is 13.6. The number of nitrogens with one attached hydrogen (secondary N) is 1. The van der Waals surface area contributed by atoms with E-state index in [0.717, 1.165) is 26.9 Å². The highest BCUT2D eigenvalue weighted by Crippen LogP contribution is 2.22. The number of nitrogens with zero attached hydrogens (tertiary/aromatic N) is 1. The molecule has 0 saturated carbocycles. The van der Waals surface area contributed by atoms with Crippen LogP contribution in [0.1, 0.15) is 37.8 Å². The fourth-order valence-corrected chi connectivity index (χ4v) is 5.05. The smallest absolute Gasteiger partial charge is 0.243 e. The maximum atomic E-state index is 13.6. The van der Waals surface area contributed by atoms with E-state index in [1.807, 2.05) is 98.8 Å². The predicted octanol–water partition coefficient (Wildman–Crippen LogP) is 6.49. The normalized spacial score (nSPS) is 12.5. The van der Waals surface area contributed by atoms with E-state index in [-0.39, 0.29) is 17.9 Å². The lowest BCUT2D eigenvalue weighted by Crippen LogP contribution is -2.52. The number of hydrogen-bond acceptors (Lipinski definition) is 3. The molecular weight excluding hydrogens is 520 g/mol. The van der Waals surface area contributed by atoms with Crippen molar-refractivity contribution in [3.63, 3.8) is 0 Å². The summed E-state index contributed by atoms with van der Waals surface area (Å²) in [6.45, 7) is 4.41. The highest BCUT2D eigenvalue weighted by atomic mass is 79.9. The molecule has 0 spiro atoms. The Balaban J connectivity index is 1.86. The molecule has 184 valence electrons. The molecule has 0 aliphatic carbocycles. The van der Waals surface area contributed by atoms with Gasteiger partial charge in [-0.25, -0.2) is 0 Å². The minimum absolute atomic E-state index is 0.0198. The van der Waals surface area contributed by atoms with Gasteiger partial charge in [0, 0.05) is 40.5 Å². The van der Waals surface area contributed by atoms with Crippen molar-refractivity contribution in [2.75, 3.05) is 5.75 Å². The zero-order chi connectivity index (χ0) is 25.0. The molecule has 0 saturated heterocycles. The summed E-state index contributed by atoms with van der Waals surface area (Å²) in [5.41, 5.74) is 2.01. The lowest BCUT2D eigenvalue weighted by Gasteiger charge is -2.32. The van der Waals surface area contributed by atoms with E-state index in [0.29, 0.717) is 25.1 Å². The van der Waals surface area contributed by atoms with Gasteiger partial charge in [0.25, 0.3) is 0 Å². The third-order valence-corrected chi connectivity index (χ3v) is 7.35. The van der Waals surface area contributed by atoms with Crippen molar-refractivity contribution in [2.24, 2.45) is 0 Å². The quantitative estimate of drug-likeness (QED) is 0.261. The van der Waals surface area contributed by atoms with E-state index < -0.39 is 6.04 Å². The van der Waals surface area contributed by atoms with E-state index in [1.165, 1.54) is 0 Å². The molecule has 3 rings (SSSR count). The van der Waals surface area contributed by atoms with Crippen LogP contribution < -0.4 is 5.32 Å². The molecule has 0 radical (unpaired) electrons. The van der Waals surface area contributed by atoms with Gasteiger partial charge in [-0.2, -0.15) is 0 Å². The van der Waals surface area contributed by atoms with Crippen LogP contribution in [0.25, 0.3) is 0 Å². The fraction of sp³-hybridized carbons (Fsp3) is 0.310. The average Bonchev–Trinajstić information content (AvgIpc) is 2.87. The second-order valence-electron chi connectivity index (χ2n) is 8.59. The van der Waals surface area contributed by atoms with Crippen LogP contribution in [-0.4, -0.2) is 34.6 Å². The molecule has 3 aromatic rings. The van der Waals surface area contributed by atoms with Gasteiger partial charge in [-0.1, -0.05) is 83.5 Å². The first-order valence-corrected chi connectivity index (χ1v) is 13.8. The highest BCUT2D eigenvalue weighted by Gasteiger charge is 2.30. The average molecular weight is 554 g/mol. The van der Waals surface area contributed by atoms with Crippen molar-refractivity contribution in [3.05, 3.63) is 101 Å². The van der Waals surface area contributed by atoms with Gasteiger partial charge in [0.1, 0.15) is 6.04 Å². The summed E-state index contributed by atoms with van der Waals surface area (Å²) in [5.74, 6) is 0.527. The summed E-state index contributed by atoms with van der Waals surface area (Å²) < 4.78 is 0.950. The van der Waals surface area contributed by atoms with Gasteiger partial charge in [0.2, 0.25) is 11.8 Å². The minimum atomic E-state index is -0.598. The van der Waals surface area contributed by atoms with Crippen molar-refractivity contribution in [3.8, 4) is 0 Å². The van der Waals surface area contributed by atoms with Crippen molar-refractivity contribution in [1.29, 1.82) is 0 Å². The Hall–Kier alpha value is -2.57. The van der Waals surface area contributed by atoms with Crippen LogP contribution in [-0.2, 0) is 22.6 Å². The number of amides is 2. The van der Waals surface area contributed by atoms with Crippen LogP contribution in [0.3, 0.4) is 0 Å². The summed E-state index contributed by atoms with van der Waals surface area (Å²) >= 11 is 5.19. The Labute approximate surface area is 221 Å². The molecule has 2 atom stereocenters. The largest absolute Gasteiger partial charge is 0.352 e. The molecule has 35 heavy (non-hydrogen) atoms. The Morgan fingerprint density at radius 2 is 1.60 bits per heavy atom. The molecule has 6 heteroatoms. The van der Waals surface area contributed by atoms with Gasteiger partial charge in [-0.15, -0.1) is 11.8 Å². The molecule has 2 amide bonds. The van der Waals surface area contributed by atoms with Gasteiger partial charge < -0.3 is 10.2 Å². The van der Waals surface area contributed by atoms with Crippen LogP contribution in [0.2, 0.25) is 0 Å². The molecule has 0 bridgehead atoms. The zero-order valence-electron chi connectivity index (χ0n) is 20.3. The summed E-state index contributed by atoms with van der Waals surface area (Å²) in [5, 5.41) is 3.12. The second-order valence-corrected chi connectivity index (χ2v) is 10.7. The first-order valence-electron chi connectivity index (χ1n) is 12.0. The zero-order valence-corrected chi connectivity index (χ0v) is 22.7. The van der Waals surface area contributed by atoms with Crippen molar-refractivity contribution in [2.45, 2.75) is 56.6 Å². The molecule has 0 aliphatic rings. The van der Waals surface area contributed by atoms with E-state index in [4.69, 9.17) is 0 Å². The van der Waals surface area contributed by atoms with Crippen molar-refractivity contribution in [1.82, 2.24) is 10.2 Å². The van der Waals surface area contributed by atoms with E-state index in [2.05, 4.69) is 21.2 Å². The molecule has 0 fully saturated rings. The first kappa shape index (κ1) is 27.0. The number of halogens is 1. The third kappa shape index (κ3) is 8.86.